The lowest BCUT2D eigenvalue weighted by atomic mass is 10.1. The number of carbonyl (C=O) groups excluding carboxylic acids is 1. The van der Waals surface area contributed by atoms with Crippen LogP contribution in [0.15, 0.2) is 48.7 Å². The van der Waals surface area contributed by atoms with Gasteiger partial charge >= 0.3 is 6.61 Å². The fourth-order valence-corrected chi connectivity index (χ4v) is 2.45. The lowest BCUT2D eigenvalue weighted by molar-refractivity contribution is -0.0498. The van der Waals surface area contributed by atoms with Crippen molar-refractivity contribution < 1.29 is 27.1 Å². The second kappa shape index (κ2) is 7.48. The molecule has 0 bridgehead atoms. The Balaban J connectivity index is 1.85. The molecule has 1 N–H and O–H groups in total. The third kappa shape index (κ3) is 4.25. The molecule has 0 saturated heterocycles. The summed E-state index contributed by atoms with van der Waals surface area (Å²) in [5, 5.41) is 6.63. The fourth-order valence-electron chi connectivity index (χ4n) is 2.45. The first kappa shape index (κ1) is 18.4. The molecule has 1 heterocycles. The van der Waals surface area contributed by atoms with E-state index in [4.69, 9.17) is 0 Å². The van der Waals surface area contributed by atoms with E-state index in [1.165, 1.54) is 41.2 Å². The van der Waals surface area contributed by atoms with Crippen molar-refractivity contribution in [2.24, 2.45) is 7.05 Å². The third-order valence-electron chi connectivity index (χ3n) is 3.60. The first-order chi connectivity index (χ1) is 12.8. The Kier molecular flexibility index (Phi) is 5.11. The fraction of sp³-hybridized carbons (Fsp3) is 0.111. The minimum atomic E-state index is -2.95. The van der Waals surface area contributed by atoms with E-state index in [9.17, 15) is 22.4 Å². The van der Waals surface area contributed by atoms with Crippen LogP contribution in [0.25, 0.3) is 11.3 Å². The van der Waals surface area contributed by atoms with Gasteiger partial charge in [0.1, 0.15) is 23.1 Å². The Hall–Kier alpha value is -3.36. The van der Waals surface area contributed by atoms with Crippen LogP contribution in [0, 0.1) is 11.6 Å². The molecule has 9 heteroatoms. The SMILES string of the molecule is Cn1cc(C(=O)Nc2ccc(OC(F)F)cc2)c(-c2ccc(F)cc2F)n1. The Labute approximate surface area is 151 Å². The molecule has 0 unspecified atom stereocenters. The third-order valence-corrected chi connectivity index (χ3v) is 3.60. The molecule has 0 aliphatic rings. The number of amides is 1. The zero-order valence-electron chi connectivity index (χ0n) is 13.9. The van der Waals surface area contributed by atoms with Gasteiger partial charge in [0, 0.05) is 30.6 Å². The summed E-state index contributed by atoms with van der Waals surface area (Å²) in [7, 11) is 1.55. The normalized spacial score (nSPS) is 10.9. The largest absolute Gasteiger partial charge is 0.435 e. The number of hydrogen-bond donors (Lipinski definition) is 1. The highest BCUT2D eigenvalue weighted by Gasteiger charge is 2.20. The van der Waals surface area contributed by atoms with E-state index < -0.39 is 24.2 Å². The number of ether oxygens (including phenoxy) is 1. The van der Waals surface area contributed by atoms with Crippen LogP contribution >= 0.6 is 0 Å². The first-order valence-corrected chi connectivity index (χ1v) is 7.69. The summed E-state index contributed by atoms with van der Waals surface area (Å²) in [6.07, 6.45) is 1.39. The molecule has 3 rings (SSSR count). The van der Waals surface area contributed by atoms with Crippen molar-refractivity contribution in [3.8, 4) is 17.0 Å². The van der Waals surface area contributed by atoms with Crippen LogP contribution in [0.2, 0.25) is 0 Å². The van der Waals surface area contributed by atoms with E-state index in [0.717, 1.165) is 6.07 Å². The van der Waals surface area contributed by atoms with E-state index in [2.05, 4.69) is 15.2 Å². The number of halogens is 4. The maximum atomic E-state index is 14.1. The molecule has 1 amide bonds. The van der Waals surface area contributed by atoms with Crippen molar-refractivity contribution >= 4 is 11.6 Å². The summed E-state index contributed by atoms with van der Waals surface area (Å²) in [5.41, 5.74) is 0.403. The average Bonchev–Trinajstić information content (AvgIpc) is 2.98. The standard InChI is InChI=1S/C18H13F4N3O2/c1-25-9-14(16(24-25)13-7-2-10(19)8-15(13)20)17(26)23-11-3-5-12(6-4-11)27-18(21)22/h2-9,18H,1H3,(H,23,26). The number of carbonyl (C=O) groups is 1. The molecule has 0 aliphatic heterocycles. The minimum absolute atomic E-state index is 0.0252. The maximum Gasteiger partial charge on any atom is 0.387 e. The molecule has 140 valence electrons. The van der Waals surface area contributed by atoms with E-state index >= 15 is 0 Å². The number of alkyl halides is 2. The molecule has 0 spiro atoms. The monoisotopic (exact) mass is 379 g/mol. The quantitative estimate of drug-likeness (QED) is 0.676. The van der Waals surface area contributed by atoms with Gasteiger partial charge in [-0.15, -0.1) is 0 Å². The van der Waals surface area contributed by atoms with Gasteiger partial charge in [-0.25, -0.2) is 8.78 Å². The van der Waals surface area contributed by atoms with Gasteiger partial charge in [-0.3, -0.25) is 9.48 Å². The number of aromatic nitrogens is 2. The van der Waals surface area contributed by atoms with Crippen LogP contribution in [-0.4, -0.2) is 22.3 Å². The molecule has 2 aromatic carbocycles. The second-order valence-corrected chi connectivity index (χ2v) is 5.55. The van der Waals surface area contributed by atoms with Crippen LogP contribution in [0.1, 0.15) is 10.4 Å². The number of benzene rings is 2. The molecule has 0 atom stereocenters. The summed E-state index contributed by atoms with van der Waals surface area (Å²) < 4.78 is 57.1. The van der Waals surface area contributed by atoms with Crippen LogP contribution in [0.4, 0.5) is 23.2 Å². The number of hydrogen-bond acceptors (Lipinski definition) is 3. The van der Waals surface area contributed by atoms with Crippen LogP contribution in [0.3, 0.4) is 0 Å². The first-order valence-electron chi connectivity index (χ1n) is 7.69. The lowest BCUT2D eigenvalue weighted by Gasteiger charge is -2.08. The van der Waals surface area contributed by atoms with E-state index in [1.54, 1.807) is 7.05 Å². The van der Waals surface area contributed by atoms with Gasteiger partial charge in [0.05, 0.1) is 5.56 Å². The lowest BCUT2D eigenvalue weighted by Crippen LogP contribution is -2.12. The summed E-state index contributed by atoms with van der Waals surface area (Å²) in [6, 6.07) is 8.26. The summed E-state index contributed by atoms with van der Waals surface area (Å²) >= 11 is 0. The molecule has 0 saturated carbocycles. The van der Waals surface area contributed by atoms with Gasteiger partial charge in [-0.1, -0.05) is 0 Å². The molecule has 5 nitrogen and oxygen atoms in total. The summed E-state index contributed by atoms with van der Waals surface area (Å²) in [6.45, 7) is -2.95. The molecule has 27 heavy (non-hydrogen) atoms. The number of aryl methyl sites for hydroxylation is 1. The molecule has 1 aromatic heterocycles. The smallest absolute Gasteiger partial charge is 0.387 e. The van der Waals surface area contributed by atoms with Gasteiger partial charge in [-0.05, 0) is 36.4 Å². The van der Waals surface area contributed by atoms with E-state index in [1.807, 2.05) is 0 Å². The number of rotatable bonds is 5. The van der Waals surface area contributed by atoms with E-state index in [0.29, 0.717) is 11.8 Å². The molecular weight excluding hydrogens is 366 g/mol. The van der Waals surface area contributed by atoms with Crippen molar-refractivity contribution in [2.75, 3.05) is 5.32 Å². The van der Waals surface area contributed by atoms with Gasteiger partial charge in [0.15, 0.2) is 0 Å². The highest BCUT2D eigenvalue weighted by molar-refractivity contribution is 6.08. The maximum absolute atomic E-state index is 14.1. The molecule has 3 aromatic rings. The van der Waals surface area contributed by atoms with Crippen molar-refractivity contribution in [3.63, 3.8) is 0 Å². The Morgan fingerprint density at radius 3 is 2.48 bits per heavy atom. The van der Waals surface area contributed by atoms with Crippen LogP contribution in [-0.2, 0) is 7.05 Å². The highest BCUT2D eigenvalue weighted by Crippen LogP contribution is 2.26. The molecule has 0 radical (unpaired) electrons. The summed E-state index contributed by atoms with van der Waals surface area (Å²) in [4.78, 5) is 12.6. The zero-order valence-corrected chi connectivity index (χ0v) is 13.9. The predicted molar refractivity (Wildman–Crippen MR) is 89.6 cm³/mol. The minimum Gasteiger partial charge on any atom is -0.435 e. The average molecular weight is 379 g/mol. The van der Waals surface area contributed by atoms with Crippen LogP contribution < -0.4 is 10.1 Å². The Morgan fingerprint density at radius 2 is 1.85 bits per heavy atom. The van der Waals surface area contributed by atoms with Crippen molar-refractivity contribution in [2.45, 2.75) is 6.61 Å². The zero-order chi connectivity index (χ0) is 19.6. The molecule has 0 fully saturated rings. The van der Waals surface area contributed by atoms with Gasteiger partial charge < -0.3 is 10.1 Å². The van der Waals surface area contributed by atoms with Crippen LogP contribution in [0.5, 0.6) is 5.75 Å². The second-order valence-electron chi connectivity index (χ2n) is 5.55. The predicted octanol–water partition coefficient (Wildman–Crippen LogP) is 4.22. The molecular formula is C18H13F4N3O2. The topological polar surface area (TPSA) is 56.2 Å². The Morgan fingerprint density at radius 1 is 1.15 bits per heavy atom. The van der Waals surface area contributed by atoms with Crippen molar-refractivity contribution in [1.82, 2.24) is 9.78 Å². The van der Waals surface area contributed by atoms with Crippen molar-refractivity contribution in [3.05, 3.63) is 65.9 Å². The number of nitrogens with one attached hydrogen (secondary N) is 1. The number of anilines is 1. The van der Waals surface area contributed by atoms with Gasteiger partial charge in [0.25, 0.3) is 5.91 Å². The van der Waals surface area contributed by atoms with Crippen molar-refractivity contribution in [1.29, 1.82) is 0 Å². The van der Waals surface area contributed by atoms with E-state index in [-0.39, 0.29) is 22.6 Å². The highest BCUT2D eigenvalue weighted by atomic mass is 19.3. The Bertz CT molecular complexity index is 971. The number of nitrogens with zero attached hydrogens (tertiary/aromatic N) is 2. The molecule has 0 aliphatic carbocycles. The summed E-state index contributed by atoms with van der Waals surface area (Å²) in [5.74, 6) is -2.25. The van der Waals surface area contributed by atoms with Gasteiger partial charge in [-0.2, -0.15) is 13.9 Å². The van der Waals surface area contributed by atoms with Gasteiger partial charge in [0.2, 0.25) is 0 Å².